The summed E-state index contributed by atoms with van der Waals surface area (Å²) in [5.74, 6) is 1.22. The number of carbonyl (C=O) groups excluding carboxylic acids is 1. The number of rotatable bonds is 8. The van der Waals surface area contributed by atoms with Crippen LogP contribution in [-0.4, -0.2) is 25.0 Å². The van der Waals surface area contributed by atoms with Crippen LogP contribution in [0.3, 0.4) is 0 Å². The second-order valence-corrected chi connectivity index (χ2v) is 5.89. The quantitative estimate of drug-likeness (QED) is 0.710. The van der Waals surface area contributed by atoms with Crippen LogP contribution in [0.25, 0.3) is 0 Å². The molecular weight excluding hydrogens is 236 g/mol. The van der Waals surface area contributed by atoms with E-state index in [2.05, 4.69) is 31.4 Å². The van der Waals surface area contributed by atoms with Crippen molar-refractivity contribution < 1.29 is 4.79 Å². The minimum Gasteiger partial charge on any atom is -0.354 e. The third-order valence-corrected chi connectivity index (χ3v) is 4.39. The molecule has 1 aliphatic heterocycles. The number of hydrogen-bond donors (Lipinski definition) is 2. The molecule has 0 saturated carbocycles. The molecular formula is C16H32N2O. The molecule has 2 N–H and O–H groups in total. The standard InChI is InChI=1S/C16H32N2O/c1-4-8-14(9-5-2)16(19)18-12-15-13(6-3)10-7-11-17-15/h13-15,17H,4-12H2,1-3H3,(H,18,19). The fraction of sp³-hybridized carbons (Fsp3) is 0.938. The van der Waals surface area contributed by atoms with Gasteiger partial charge in [0.25, 0.3) is 0 Å². The van der Waals surface area contributed by atoms with Crippen molar-refractivity contribution in [3.63, 3.8) is 0 Å². The third kappa shape index (κ3) is 5.52. The Hall–Kier alpha value is -0.570. The summed E-state index contributed by atoms with van der Waals surface area (Å²) in [6.45, 7) is 8.48. The van der Waals surface area contributed by atoms with E-state index in [-0.39, 0.29) is 11.8 Å². The lowest BCUT2D eigenvalue weighted by Gasteiger charge is -2.32. The largest absolute Gasteiger partial charge is 0.354 e. The third-order valence-electron chi connectivity index (χ3n) is 4.39. The summed E-state index contributed by atoms with van der Waals surface area (Å²) >= 11 is 0. The van der Waals surface area contributed by atoms with Crippen molar-refractivity contribution in [3.8, 4) is 0 Å². The van der Waals surface area contributed by atoms with Crippen LogP contribution in [0, 0.1) is 11.8 Å². The van der Waals surface area contributed by atoms with E-state index in [4.69, 9.17) is 0 Å². The molecule has 1 aliphatic rings. The summed E-state index contributed by atoms with van der Waals surface area (Å²) in [7, 11) is 0. The highest BCUT2D eigenvalue weighted by atomic mass is 16.1. The molecule has 0 aliphatic carbocycles. The number of amides is 1. The van der Waals surface area contributed by atoms with Gasteiger partial charge in [0.05, 0.1) is 0 Å². The first-order chi connectivity index (χ1) is 9.22. The Kier molecular flexibility index (Phi) is 8.11. The molecule has 2 atom stereocenters. The van der Waals surface area contributed by atoms with Gasteiger partial charge in [-0.1, -0.05) is 40.0 Å². The van der Waals surface area contributed by atoms with Crippen molar-refractivity contribution >= 4 is 5.91 Å². The van der Waals surface area contributed by atoms with Crippen molar-refractivity contribution in [2.24, 2.45) is 11.8 Å². The lowest BCUT2D eigenvalue weighted by Crippen LogP contribution is -2.49. The molecule has 0 spiro atoms. The number of hydrogen-bond acceptors (Lipinski definition) is 2. The SMILES string of the molecule is CCCC(CCC)C(=O)NCC1NCCCC1CC. The van der Waals surface area contributed by atoms with Crippen molar-refractivity contribution in [1.82, 2.24) is 10.6 Å². The van der Waals surface area contributed by atoms with Gasteiger partial charge in [0, 0.05) is 18.5 Å². The summed E-state index contributed by atoms with van der Waals surface area (Å²) in [6, 6.07) is 0.478. The zero-order valence-corrected chi connectivity index (χ0v) is 13.0. The van der Waals surface area contributed by atoms with Gasteiger partial charge in [-0.25, -0.2) is 0 Å². The molecule has 1 rings (SSSR count). The maximum Gasteiger partial charge on any atom is 0.223 e. The molecule has 0 aromatic rings. The highest BCUT2D eigenvalue weighted by Crippen LogP contribution is 2.19. The monoisotopic (exact) mass is 268 g/mol. The van der Waals surface area contributed by atoms with Gasteiger partial charge in [-0.15, -0.1) is 0 Å². The van der Waals surface area contributed by atoms with Crippen LogP contribution in [0.4, 0.5) is 0 Å². The zero-order chi connectivity index (χ0) is 14.1. The van der Waals surface area contributed by atoms with E-state index in [0.717, 1.165) is 44.7 Å². The minimum absolute atomic E-state index is 0.221. The fourth-order valence-electron chi connectivity index (χ4n) is 3.21. The van der Waals surface area contributed by atoms with Crippen molar-refractivity contribution in [2.75, 3.05) is 13.1 Å². The minimum atomic E-state index is 0.221. The molecule has 0 bridgehead atoms. The lowest BCUT2D eigenvalue weighted by atomic mass is 9.88. The molecule has 1 heterocycles. The van der Waals surface area contributed by atoms with E-state index in [9.17, 15) is 4.79 Å². The smallest absolute Gasteiger partial charge is 0.223 e. The van der Waals surface area contributed by atoms with Gasteiger partial charge in [-0.2, -0.15) is 0 Å². The van der Waals surface area contributed by atoms with E-state index >= 15 is 0 Å². The second-order valence-electron chi connectivity index (χ2n) is 5.89. The van der Waals surface area contributed by atoms with Crippen LogP contribution in [0.1, 0.15) is 65.7 Å². The van der Waals surface area contributed by atoms with E-state index in [1.807, 2.05) is 0 Å². The Morgan fingerprint density at radius 3 is 2.53 bits per heavy atom. The molecule has 1 amide bonds. The maximum absolute atomic E-state index is 12.2. The lowest BCUT2D eigenvalue weighted by molar-refractivity contribution is -0.125. The molecule has 0 aromatic heterocycles. The van der Waals surface area contributed by atoms with Crippen LogP contribution in [0.5, 0.6) is 0 Å². The van der Waals surface area contributed by atoms with Gasteiger partial charge in [0.1, 0.15) is 0 Å². The molecule has 3 heteroatoms. The molecule has 2 unspecified atom stereocenters. The predicted molar refractivity (Wildman–Crippen MR) is 81.1 cm³/mol. The summed E-state index contributed by atoms with van der Waals surface area (Å²) < 4.78 is 0. The molecule has 0 radical (unpaired) electrons. The summed E-state index contributed by atoms with van der Waals surface area (Å²) in [5.41, 5.74) is 0. The summed E-state index contributed by atoms with van der Waals surface area (Å²) in [6.07, 6.45) is 8.02. The number of nitrogens with one attached hydrogen (secondary N) is 2. The maximum atomic E-state index is 12.2. The van der Waals surface area contributed by atoms with Crippen molar-refractivity contribution in [1.29, 1.82) is 0 Å². The highest BCUT2D eigenvalue weighted by Gasteiger charge is 2.24. The van der Waals surface area contributed by atoms with Crippen LogP contribution in [0.2, 0.25) is 0 Å². The molecule has 0 aromatic carbocycles. The molecule has 3 nitrogen and oxygen atoms in total. The first kappa shape index (κ1) is 16.5. The van der Waals surface area contributed by atoms with Crippen LogP contribution >= 0.6 is 0 Å². The Bertz CT molecular complexity index is 249. The fourth-order valence-corrected chi connectivity index (χ4v) is 3.21. The molecule has 19 heavy (non-hydrogen) atoms. The molecule has 1 fully saturated rings. The van der Waals surface area contributed by atoms with Crippen LogP contribution in [0.15, 0.2) is 0 Å². The zero-order valence-electron chi connectivity index (χ0n) is 13.0. The topological polar surface area (TPSA) is 41.1 Å². The van der Waals surface area contributed by atoms with Gasteiger partial charge in [0.15, 0.2) is 0 Å². The highest BCUT2D eigenvalue weighted by molar-refractivity contribution is 5.78. The van der Waals surface area contributed by atoms with Gasteiger partial charge in [0.2, 0.25) is 5.91 Å². The van der Waals surface area contributed by atoms with Gasteiger partial charge < -0.3 is 10.6 Å². The first-order valence-electron chi connectivity index (χ1n) is 8.23. The average molecular weight is 268 g/mol. The Morgan fingerprint density at radius 2 is 1.95 bits per heavy atom. The van der Waals surface area contributed by atoms with Crippen LogP contribution in [-0.2, 0) is 4.79 Å². The van der Waals surface area contributed by atoms with Gasteiger partial charge >= 0.3 is 0 Å². The predicted octanol–water partition coefficient (Wildman–Crippen LogP) is 3.10. The molecule has 1 saturated heterocycles. The Balaban J connectivity index is 2.38. The van der Waals surface area contributed by atoms with Crippen molar-refractivity contribution in [3.05, 3.63) is 0 Å². The van der Waals surface area contributed by atoms with E-state index in [1.165, 1.54) is 19.3 Å². The number of piperidine rings is 1. The average Bonchev–Trinajstić information content (AvgIpc) is 2.44. The van der Waals surface area contributed by atoms with E-state index < -0.39 is 0 Å². The summed E-state index contributed by atoms with van der Waals surface area (Å²) in [4.78, 5) is 12.2. The van der Waals surface area contributed by atoms with Crippen LogP contribution < -0.4 is 10.6 Å². The molecule has 112 valence electrons. The number of carbonyl (C=O) groups is 1. The van der Waals surface area contributed by atoms with E-state index in [0.29, 0.717) is 6.04 Å². The Labute approximate surface area is 118 Å². The Morgan fingerprint density at radius 1 is 1.26 bits per heavy atom. The first-order valence-corrected chi connectivity index (χ1v) is 8.23. The second kappa shape index (κ2) is 9.35. The van der Waals surface area contributed by atoms with E-state index in [1.54, 1.807) is 0 Å². The van der Waals surface area contributed by atoms with Crippen molar-refractivity contribution in [2.45, 2.75) is 71.8 Å². The van der Waals surface area contributed by atoms with Gasteiger partial charge in [-0.05, 0) is 38.1 Å². The van der Waals surface area contributed by atoms with Gasteiger partial charge in [-0.3, -0.25) is 4.79 Å². The summed E-state index contributed by atoms with van der Waals surface area (Å²) in [5, 5.41) is 6.75. The normalized spacial score (nSPS) is 23.6.